The van der Waals surface area contributed by atoms with E-state index in [1.54, 1.807) is 13.2 Å². The Bertz CT molecular complexity index is 496. The molecule has 5 nitrogen and oxygen atoms in total. The van der Waals surface area contributed by atoms with Crippen molar-refractivity contribution in [3.63, 3.8) is 0 Å². The van der Waals surface area contributed by atoms with Gasteiger partial charge in [-0.15, -0.1) is 0 Å². The number of hydrogen-bond donors (Lipinski definition) is 1. The maximum atomic E-state index is 11.2. The molecule has 0 aromatic carbocycles. The average molecular weight is 178 g/mol. The monoisotopic (exact) mass is 178 g/mol. The van der Waals surface area contributed by atoms with Crippen LogP contribution in [0.25, 0.3) is 11.2 Å². The van der Waals surface area contributed by atoms with Crippen LogP contribution >= 0.6 is 0 Å². The number of fused-ring (bicyclic) bond motifs is 1. The van der Waals surface area contributed by atoms with Gasteiger partial charge >= 0.3 is 5.69 Å². The highest BCUT2D eigenvalue weighted by molar-refractivity contribution is 5.69. The normalized spacial score (nSPS) is 10.9. The van der Waals surface area contributed by atoms with Crippen molar-refractivity contribution in [1.82, 2.24) is 19.5 Å². The highest BCUT2D eigenvalue weighted by atomic mass is 16.1. The zero-order valence-corrected chi connectivity index (χ0v) is 7.53. The van der Waals surface area contributed by atoms with Crippen molar-refractivity contribution in [3.8, 4) is 0 Å². The SMILES string of the molecule is CCc1ncc2c(n1)[nH]c(=O)n2C. The first-order valence-corrected chi connectivity index (χ1v) is 4.13. The molecule has 0 radical (unpaired) electrons. The molecule has 0 atom stereocenters. The van der Waals surface area contributed by atoms with Gasteiger partial charge in [0.15, 0.2) is 5.65 Å². The Labute approximate surface area is 74.4 Å². The van der Waals surface area contributed by atoms with Crippen LogP contribution in [-0.2, 0) is 13.5 Å². The van der Waals surface area contributed by atoms with Gasteiger partial charge in [0.2, 0.25) is 0 Å². The summed E-state index contributed by atoms with van der Waals surface area (Å²) >= 11 is 0. The van der Waals surface area contributed by atoms with Gasteiger partial charge in [-0.2, -0.15) is 0 Å². The molecule has 5 heteroatoms. The molecule has 0 fully saturated rings. The van der Waals surface area contributed by atoms with E-state index in [-0.39, 0.29) is 5.69 Å². The number of rotatable bonds is 1. The lowest BCUT2D eigenvalue weighted by atomic mass is 10.4. The minimum absolute atomic E-state index is 0.155. The standard InChI is InChI=1S/C8H10N4O/c1-3-6-9-4-5-7(10-6)11-8(13)12(5)2/h4H,3H2,1-2H3,(H,9,10,11,13). The van der Waals surface area contributed by atoms with Crippen LogP contribution in [0.2, 0.25) is 0 Å². The van der Waals surface area contributed by atoms with Crippen LogP contribution in [0.15, 0.2) is 11.0 Å². The number of H-pyrrole nitrogens is 1. The van der Waals surface area contributed by atoms with Crippen LogP contribution in [0, 0.1) is 0 Å². The molecule has 0 unspecified atom stereocenters. The lowest BCUT2D eigenvalue weighted by Crippen LogP contribution is -2.11. The van der Waals surface area contributed by atoms with Crippen molar-refractivity contribution in [2.45, 2.75) is 13.3 Å². The summed E-state index contributed by atoms with van der Waals surface area (Å²) in [7, 11) is 1.69. The first kappa shape index (κ1) is 7.97. The summed E-state index contributed by atoms with van der Waals surface area (Å²) in [5, 5.41) is 0. The summed E-state index contributed by atoms with van der Waals surface area (Å²) in [4.78, 5) is 22.1. The third-order valence-electron chi connectivity index (χ3n) is 2.03. The maximum Gasteiger partial charge on any atom is 0.327 e. The maximum absolute atomic E-state index is 11.2. The lowest BCUT2D eigenvalue weighted by Gasteiger charge is -1.94. The van der Waals surface area contributed by atoms with Crippen LogP contribution in [0.5, 0.6) is 0 Å². The van der Waals surface area contributed by atoms with Crippen LogP contribution < -0.4 is 5.69 Å². The quantitative estimate of drug-likeness (QED) is 0.679. The first-order valence-electron chi connectivity index (χ1n) is 4.13. The summed E-state index contributed by atoms with van der Waals surface area (Å²) in [5.41, 5.74) is 1.19. The Morgan fingerprint density at radius 3 is 3.08 bits per heavy atom. The summed E-state index contributed by atoms with van der Waals surface area (Å²) in [6, 6.07) is 0. The minimum atomic E-state index is -0.155. The van der Waals surface area contributed by atoms with Gasteiger partial charge in [-0.25, -0.2) is 14.8 Å². The number of aryl methyl sites for hydroxylation is 2. The zero-order valence-electron chi connectivity index (χ0n) is 7.53. The lowest BCUT2D eigenvalue weighted by molar-refractivity contribution is 0.888. The molecule has 0 aliphatic carbocycles. The van der Waals surface area contributed by atoms with Crippen molar-refractivity contribution in [1.29, 1.82) is 0 Å². The molecule has 0 aliphatic heterocycles. The van der Waals surface area contributed by atoms with E-state index < -0.39 is 0 Å². The Morgan fingerprint density at radius 1 is 1.62 bits per heavy atom. The molecule has 0 spiro atoms. The topological polar surface area (TPSA) is 63.6 Å². The molecule has 2 rings (SSSR count). The number of aromatic amines is 1. The number of imidazole rings is 1. The van der Waals surface area contributed by atoms with Gasteiger partial charge in [0.25, 0.3) is 0 Å². The molecule has 2 heterocycles. The molecular formula is C8H10N4O. The molecule has 0 amide bonds. The smallest absolute Gasteiger partial charge is 0.292 e. The summed E-state index contributed by atoms with van der Waals surface area (Å²) in [5.74, 6) is 0.745. The fraction of sp³-hybridized carbons (Fsp3) is 0.375. The first-order chi connectivity index (χ1) is 6.22. The van der Waals surface area contributed by atoms with Gasteiger partial charge in [0, 0.05) is 13.5 Å². The molecule has 1 N–H and O–H groups in total. The largest absolute Gasteiger partial charge is 0.327 e. The molecule has 13 heavy (non-hydrogen) atoms. The molecule has 0 saturated heterocycles. The third kappa shape index (κ3) is 1.12. The molecule has 0 bridgehead atoms. The van der Waals surface area contributed by atoms with Gasteiger partial charge < -0.3 is 0 Å². The van der Waals surface area contributed by atoms with E-state index in [1.165, 1.54) is 4.57 Å². The van der Waals surface area contributed by atoms with Gasteiger partial charge in [-0.3, -0.25) is 9.55 Å². The van der Waals surface area contributed by atoms with E-state index in [9.17, 15) is 4.79 Å². The molecular weight excluding hydrogens is 168 g/mol. The van der Waals surface area contributed by atoms with E-state index in [0.29, 0.717) is 5.65 Å². The Kier molecular flexibility index (Phi) is 1.65. The van der Waals surface area contributed by atoms with Gasteiger partial charge in [-0.05, 0) is 0 Å². The Balaban J connectivity index is 2.80. The average Bonchev–Trinajstić information content (AvgIpc) is 2.42. The van der Waals surface area contributed by atoms with Crippen molar-refractivity contribution in [2.24, 2.45) is 7.05 Å². The zero-order chi connectivity index (χ0) is 9.42. The highest BCUT2D eigenvalue weighted by Crippen LogP contribution is 2.04. The van der Waals surface area contributed by atoms with Gasteiger partial charge in [0.05, 0.1) is 6.20 Å². The number of aromatic nitrogens is 4. The van der Waals surface area contributed by atoms with Crippen LogP contribution in [0.3, 0.4) is 0 Å². The molecule has 0 saturated carbocycles. The van der Waals surface area contributed by atoms with Gasteiger partial charge in [-0.1, -0.05) is 6.92 Å². The van der Waals surface area contributed by atoms with Gasteiger partial charge in [0.1, 0.15) is 11.3 Å². The number of nitrogens with zero attached hydrogens (tertiary/aromatic N) is 3. The fourth-order valence-electron chi connectivity index (χ4n) is 1.21. The molecule has 68 valence electrons. The van der Waals surface area contributed by atoms with Crippen LogP contribution in [-0.4, -0.2) is 19.5 Å². The highest BCUT2D eigenvalue weighted by Gasteiger charge is 2.04. The van der Waals surface area contributed by atoms with E-state index in [4.69, 9.17) is 0 Å². The fourth-order valence-corrected chi connectivity index (χ4v) is 1.21. The van der Waals surface area contributed by atoms with E-state index in [2.05, 4.69) is 15.0 Å². The second-order valence-corrected chi connectivity index (χ2v) is 2.86. The van der Waals surface area contributed by atoms with E-state index in [1.807, 2.05) is 6.92 Å². The van der Waals surface area contributed by atoms with Crippen LogP contribution in [0.1, 0.15) is 12.7 Å². The third-order valence-corrected chi connectivity index (χ3v) is 2.03. The summed E-state index contributed by atoms with van der Waals surface area (Å²) in [6.07, 6.45) is 2.44. The summed E-state index contributed by atoms with van der Waals surface area (Å²) in [6.45, 7) is 1.97. The number of hydrogen-bond acceptors (Lipinski definition) is 3. The van der Waals surface area contributed by atoms with Crippen molar-refractivity contribution < 1.29 is 0 Å². The predicted octanol–water partition coefficient (Wildman–Crippen LogP) is 0.219. The minimum Gasteiger partial charge on any atom is -0.292 e. The predicted molar refractivity (Wildman–Crippen MR) is 48.5 cm³/mol. The van der Waals surface area contributed by atoms with Crippen molar-refractivity contribution in [2.75, 3.05) is 0 Å². The van der Waals surface area contributed by atoms with Crippen LogP contribution in [0.4, 0.5) is 0 Å². The van der Waals surface area contributed by atoms with E-state index in [0.717, 1.165) is 17.8 Å². The van der Waals surface area contributed by atoms with E-state index >= 15 is 0 Å². The summed E-state index contributed by atoms with van der Waals surface area (Å²) < 4.78 is 1.49. The molecule has 0 aliphatic rings. The number of nitrogens with one attached hydrogen (secondary N) is 1. The molecule has 2 aromatic rings. The second kappa shape index (κ2) is 2.69. The second-order valence-electron chi connectivity index (χ2n) is 2.86. The molecule has 2 aromatic heterocycles. The Hall–Kier alpha value is -1.65. The Morgan fingerprint density at radius 2 is 2.38 bits per heavy atom. The van der Waals surface area contributed by atoms with Crippen molar-refractivity contribution >= 4 is 11.2 Å². The van der Waals surface area contributed by atoms with Crippen molar-refractivity contribution in [3.05, 3.63) is 22.5 Å².